The molecular weight excluding hydrogens is 384 g/mol. The topological polar surface area (TPSA) is 85.4 Å². The minimum atomic E-state index is -3.66. The molecule has 2 aliphatic rings. The number of nitrogens with zero attached hydrogens (tertiary/aromatic N) is 2. The zero-order chi connectivity index (χ0) is 20.3. The third-order valence-corrected chi connectivity index (χ3v) is 7.60. The van der Waals surface area contributed by atoms with Gasteiger partial charge in [-0.3, -0.25) is 9.63 Å². The van der Waals surface area contributed by atoms with E-state index in [1.54, 1.807) is 26.1 Å². The SMILES string of the molecule is CCOC(=O)C1CCCN(S(=O)(=O)C2CON(C)C2c2ccc(OC)cc2)C1. The highest BCUT2D eigenvalue weighted by Crippen LogP contribution is 2.36. The van der Waals surface area contributed by atoms with Crippen LogP contribution >= 0.6 is 0 Å². The molecule has 0 saturated carbocycles. The van der Waals surface area contributed by atoms with Crippen LogP contribution in [0.4, 0.5) is 0 Å². The van der Waals surface area contributed by atoms with E-state index in [-0.39, 0.29) is 19.1 Å². The molecule has 1 aromatic carbocycles. The molecule has 2 fully saturated rings. The van der Waals surface area contributed by atoms with Gasteiger partial charge >= 0.3 is 5.97 Å². The average Bonchev–Trinajstić information content (AvgIpc) is 3.10. The summed E-state index contributed by atoms with van der Waals surface area (Å²) >= 11 is 0. The van der Waals surface area contributed by atoms with Gasteiger partial charge in [0.2, 0.25) is 10.0 Å². The predicted molar refractivity (Wildman–Crippen MR) is 103 cm³/mol. The van der Waals surface area contributed by atoms with Crippen LogP contribution in [-0.2, 0) is 24.4 Å². The van der Waals surface area contributed by atoms with Gasteiger partial charge in [0.25, 0.3) is 0 Å². The quantitative estimate of drug-likeness (QED) is 0.656. The van der Waals surface area contributed by atoms with Crippen LogP contribution in [0.15, 0.2) is 24.3 Å². The second kappa shape index (κ2) is 8.77. The molecule has 156 valence electrons. The number of benzene rings is 1. The van der Waals surface area contributed by atoms with Crippen molar-refractivity contribution in [3.05, 3.63) is 29.8 Å². The molecule has 2 aliphatic heterocycles. The lowest BCUT2D eigenvalue weighted by Gasteiger charge is -2.34. The van der Waals surface area contributed by atoms with Gasteiger partial charge in [-0.05, 0) is 37.5 Å². The van der Waals surface area contributed by atoms with Gasteiger partial charge in [-0.2, -0.15) is 5.06 Å². The van der Waals surface area contributed by atoms with Gasteiger partial charge in [-0.1, -0.05) is 12.1 Å². The third-order valence-electron chi connectivity index (χ3n) is 5.39. The number of sulfonamides is 1. The Labute approximate surface area is 166 Å². The lowest BCUT2D eigenvalue weighted by atomic mass is 10.0. The number of hydrogen-bond donors (Lipinski definition) is 0. The number of hydroxylamine groups is 2. The van der Waals surface area contributed by atoms with Crippen molar-refractivity contribution >= 4 is 16.0 Å². The van der Waals surface area contributed by atoms with E-state index in [0.717, 1.165) is 5.56 Å². The summed E-state index contributed by atoms with van der Waals surface area (Å²) in [6.45, 7) is 2.70. The summed E-state index contributed by atoms with van der Waals surface area (Å²) in [5, 5.41) is 0.850. The fourth-order valence-electron chi connectivity index (χ4n) is 3.89. The van der Waals surface area contributed by atoms with E-state index in [9.17, 15) is 13.2 Å². The molecule has 0 N–H and O–H groups in total. The molecule has 28 heavy (non-hydrogen) atoms. The minimum Gasteiger partial charge on any atom is -0.497 e. The third kappa shape index (κ3) is 4.17. The molecule has 8 nitrogen and oxygen atoms in total. The Hall–Kier alpha value is -1.68. The highest BCUT2D eigenvalue weighted by atomic mass is 32.2. The first-order valence-corrected chi connectivity index (χ1v) is 11.0. The molecule has 9 heteroatoms. The molecular formula is C19H28N2O6S. The minimum absolute atomic E-state index is 0.0795. The van der Waals surface area contributed by atoms with Crippen molar-refractivity contribution in [2.24, 2.45) is 5.92 Å². The van der Waals surface area contributed by atoms with Crippen LogP contribution in [0.1, 0.15) is 31.4 Å². The molecule has 2 heterocycles. The van der Waals surface area contributed by atoms with Crippen LogP contribution in [0.25, 0.3) is 0 Å². The van der Waals surface area contributed by atoms with Gasteiger partial charge in [0.1, 0.15) is 11.0 Å². The van der Waals surface area contributed by atoms with Gasteiger partial charge in [-0.15, -0.1) is 0 Å². The number of hydrogen-bond acceptors (Lipinski definition) is 7. The van der Waals surface area contributed by atoms with Crippen LogP contribution in [-0.4, -0.2) is 69.5 Å². The number of rotatable bonds is 6. The van der Waals surface area contributed by atoms with Gasteiger partial charge < -0.3 is 9.47 Å². The molecule has 0 radical (unpaired) electrons. The largest absolute Gasteiger partial charge is 0.497 e. The normalized spacial score (nSPS) is 26.9. The number of ether oxygens (including phenoxy) is 2. The van der Waals surface area contributed by atoms with E-state index in [1.165, 1.54) is 4.31 Å². The standard InChI is InChI=1S/C19H28N2O6S/c1-4-26-19(22)15-6-5-11-21(12-15)28(23,24)17-13-27-20(2)18(17)14-7-9-16(25-3)10-8-14/h7-10,15,17-18H,4-6,11-13H2,1-3H3. The van der Waals surface area contributed by atoms with Crippen molar-refractivity contribution in [1.29, 1.82) is 0 Å². The molecule has 0 spiro atoms. The number of carbonyl (C=O) groups excluding carboxylic acids is 1. The van der Waals surface area contributed by atoms with Crippen molar-refractivity contribution in [3.8, 4) is 5.75 Å². The average molecular weight is 413 g/mol. The van der Waals surface area contributed by atoms with Crippen molar-refractivity contribution in [2.75, 3.05) is 40.5 Å². The van der Waals surface area contributed by atoms with Crippen LogP contribution in [0.3, 0.4) is 0 Å². The van der Waals surface area contributed by atoms with E-state index in [4.69, 9.17) is 14.3 Å². The first kappa shape index (κ1) is 21.0. The Morgan fingerprint density at radius 3 is 2.64 bits per heavy atom. The smallest absolute Gasteiger partial charge is 0.310 e. The Bertz CT molecular complexity index is 782. The maximum atomic E-state index is 13.4. The summed E-state index contributed by atoms with van der Waals surface area (Å²) in [4.78, 5) is 17.7. The lowest BCUT2D eigenvalue weighted by molar-refractivity contribution is -0.149. The molecule has 3 rings (SSSR count). The zero-order valence-corrected chi connectivity index (χ0v) is 17.4. The van der Waals surface area contributed by atoms with Gasteiger partial charge in [0.15, 0.2) is 0 Å². The Morgan fingerprint density at radius 2 is 2.00 bits per heavy atom. The van der Waals surface area contributed by atoms with E-state index < -0.39 is 27.2 Å². The number of piperidine rings is 1. The molecule has 3 unspecified atom stereocenters. The maximum Gasteiger partial charge on any atom is 0.310 e. The van der Waals surface area contributed by atoms with Gasteiger partial charge in [0.05, 0.1) is 32.3 Å². The Kier molecular flexibility index (Phi) is 6.59. The number of carbonyl (C=O) groups is 1. The van der Waals surface area contributed by atoms with Crippen molar-refractivity contribution in [1.82, 2.24) is 9.37 Å². The predicted octanol–water partition coefficient (Wildman–Crippen LogP) is 1.59. The summed E-state index contributed by atoms with van der Waals surface area (Å²) in [6.07, 6.45) is 1.28. The highest BCUT2D eigenvalue weighted by molar-refractivity contribution is 7.89. The summed E-state index contributed by atoms with van der Waals surface area (Å²) in [5.74, 6) is -0.0325. The van der Waals surface area contributed by atoms with Gasteiger partial charge in [0, 0.05) is 20.1 Å². The molecule has 0 bridgehead atoms. The van der Waals surface area contributed by atoms with Crippen molar-refractivity contribution in [3.63, 3.8) is 0 Å². The molecule has 0 aliphatic carbocycles. The second-order valence-electron chi connectivity index (χ2n) is 7.09. The molecule has 0 aromatic heterocycles. The zero-order valence-electron chi connectivity index (χ0n) is 16.5. The summed E-state index contributed by atoms with van der Waals surface area (Å²) < 4.78 is 38.5. The van der Waals surface area contributed by atoms with Crippen molar-refractivity contribution < 1.29 is 27.5 Å². The highest BCUT2D eigenvalue weighted by Gasteiger charge is 2.47. The summed E-state index contributed by atoms with van der Waals surface area (Å²) in [6, 6.07) is 6.90. The molecule has 3 atom stereocenters. The van der Waals surface area contributed by atoms with Crippen LogP contribution in [0.5, 0.6) is 5.75 Å². The second-order valence-corrected chi connectivity index (χ2v) is 9.24. The van der Waals surface area contributed by atoms with Crippen LogP contribution in [0, 0.1) is 5.92 Å². The van der Waals surface area contributed by atoms with Gasteiger partial charge in [-0.25, -0.2) is 12.7 Å². The lowest BCUT2D eigenvalue weighted by Crippen LogP contribution is -2.48. The van der Waals surface area contributed by atoms with E-state index >= 15 is 0 Å². The molecule has 2 saturated heterocycles. The Balaban J connectivity index is 1.81. The summed E-state index contributed by atoms with van der Waals surface area (Å²) in [7, 11) is -0.337. The van der Waals surface area contributed by atoms with Crippen LogP contribution in [0.2, 0.25) is 0 Å². The fraction of sp³-hybridized carbons (Fsp3) is 0.632. The van der Waals surface area contributed by atoms with E-state index in [0.29, 0.717) is 31.7 Å². The van der Waals surface area contributed by atoms with Crippen molar-refractivity contribution in [2.45, 2.75) is 31.1 Å². The fourth-order valence-corrected chi connectivity index (χ4v) is 5.93. The van der Waals surface area contributed by atoms with Crippen LogP contribution < -0.4 is 4.74 Å². The summed E-state index contributed by atoms with van der Waals surface area (Å²) in [5.41, 5.74) is 0.841. The molecule has 1 aromatic rings. The number of methoxy groups -OCH3 is 1. The Morgan fingerprint density at radius 1 is 1.29 bits per heavy atom. The first-order valence-electron chi connectivity index (χ1n) is 9.53. The number of esters is 1. The van der Waals surface area contributed by atoms with E-state index in [1.807, 2.05) is 24.3 Å². The van der Waals surface area contributed by atoms with E-state index in [2.05, 4.69) is 0 Å². The first-order chi connectivity index (χ1) is 13.4. The maximum absolute atomic E-state index is 13.4. The monoisotopic (exact) mass is 412 g/mol. The molecule has 0 amide bonds.